The lowest BCUT2D eigenvalue weighted by Gasteiger charge is -2.07. The van der Waals surface area contributed by atoms with Crippen LogP contribution >= 0.6 is 15.9 Å². The van der Waals surface area contributed by atoms with Crippen molar-refractivity contribution in [3.8, 4) is 0 Å². The molecule has 0 bridgehead atoms. The van der Waals surface area contributed by atoms with Crippen LogP contribution in [-0.4, -0.2) is 17.9 Å². The van der Waals surface area contributed by atoms with Crippen LogP contribution < -0.4 is 0 Å². The molecule has 0 atom stereocenters. The van der Waals surface area contributed by atoms with E-state index in [0.29, 0.717) is 13.0 Å². The van der Waals surface area contributed by atoms with Crippen molar-refractivity contribution in [1.29, 1.82) is 0 Å². The molecule has 0 aliphatic heterocycles. The van der Waals surface area contributed by atoms with Crippen LogP contribution in [0.25, 0.3) is 0 Å². The number of rotatable bonds is 15. The van der Waals surface area contributed by atoms with Crippen LogP contribution in [0.15, 0.2) is 24.3 Å². The van der Waals surface area contributed by atoms with Gasteiger partial charge < -0.3 is 4.74 Å². The van der Waals surface area contributed by atoms with Gasteiger partial charge >= 0.3 is 5.97 Å². The second-order valence-corrected chi connectivity index (χ2v) is 7.60. The van der Waals surface area contributed by atoms with Gasteiger partial charge in [-0.25, -0.2) is 0 Å². The summed E-state index contributed by atoms with van der Waals surface area (Å²) in [4.78, 5) is 11.8. The minimum absolute atomic E-state index is 0.0452. The normalized spacial score (nSPS) is 10.8. The Morgan fingerprint density at radius 3 is 2.36 bits per heavy atom. The number of halogens is 1. The second kappa shape index (κ2) is 15.4. The third-order valence-electron chi connectivity index (χ3n) is 4.48. The fraction of sp³-hybridized carbons (Fsp3) is 0.682. The topological polar surface area (TPSA) is 26.3 Å². The maximum Gasteiger partial charge on any atom is 0.305 e. The molecular formula is C22H35BrO2. The van der Waals surface area contributed by atoms with Crippen LogP contribution in [-0.2, 0) is 22.4 Å². The highest BCUT2D eigenvalue weighted by molar-refractivity contribution is 9.09. The van der Waals surface area contributed by atoms with Gasteiger partial charge in [-0.1, -0.05) is 85.6 Å². The Hall–Kier alpha value is -0.830. The molecule has 0 aromatic heterocycles. The van der Waals surface area contributed by atoms with Crippen molar-refractivity contribution in [2.75, 3.05) is 11.9 Å². The zero-order chi connectivity index (χ0) is 18.2. The molecule has 0 unspecified atom stereocenters. The first-order valence-electron chi connectivity index (χ1n) is 10.1. The molecule has 142 valence electrons. The molecule has 25 heavy (non-hydrogen) atoms. The van der Waals surface area contributed by atoms with E-state index in [4.69, 9.17) is 4.74 Å². The summed E-state index contributed by atoms with van der Waals surface area (Å²) in [6, 6.07) is 8.73. The Bertz CT molecular complexity index is 459. The van der Waals surface area contributed by atoms with Gasteiger partial charge in [-0.2, -0.15) is 0 Å². The van der Waals surface area contributed by atoms with Crippen LogP contribution in [0.5, 0.6) is 0 Å². The van der Waals surface area contributed by atoms with Crippen molar-refractivity contribution in [3.05, 3.63) is 35.4 Å². The average molecular weight is 411 g/mol. The van der Waals surface area contributed by atoms with E-state index < -0.39 is 0 Å². The monoisotopic (exact) mass is 410 g/mol. The van der Waals surface area contributed by atoms with Crippen molar-refractivity contribution in [2.45, 2.75) is 84.0 Å². The van der Waals surface area contributed by atoms with Crippen molar-refractivity contribution in [3.63, 3.8) is 0 Å². The Morgan fingerprint density at radius 2 is 1.60 bits per heavy atom. The van der Waals surface area contributed by atoms with E-state index in [2.05, 4.69) is 47.1 Å². The standard InChI is InChI=1S/C22H35BrO2/c1-2-3-4-8-12-20-13-11-14-21(19-20)16-18-25-22(24)15-9-6-5-7-10-17-23/h11,13-14,19H,2-10,12,15-18H2,1H3. The lowest BCUT2D eigenvalue weighted by atomic mass is 10.0. The Kier molecular flexibility index (Phi) is 13.7. The fourth-order valence-electron chi connectivity index (χ4n) is 2.95. The summed E-state index contributed by atoms with van der Waals surface area (Å²) in [7, 11) is 0. The number of benzene rings is 1. The maximum atomic E-state index is 11.8. The summed E-state index contributed by atoms with van der Waals surface area (Å²) in [6.07, 6.45) is 13.5. The van der Waals surface area contributed by atoms with Crippen molar-refractivity contribution < 1.29 is 9.53 Å². The molecule has 0 saturated heterocycles. The summed E-state index contributed by atoms with van der Waals surface area (Å²) in [5.74, 6) is -0.0452. The van der Waals surface area contributed by atoms with E-state index in [9.17, 15) is 4.79 Å². The van der Waals surface area contributed by atoms with Crippen LogP contribution in [0.1, 0.15) is 82.3 Å². The minimum Gasteiger partial charge on any atom is -0.465 e. The highest BCUT2D eigenvalue weighted by Gasteiger charge is 2.03. The average Bonchev–Trinajstić information content (AvgIpc) is 2.62. The zero-order valence-corrected chi connectivity index (χ0v) is 17.5. The number of aryl methyl sites for hydroxylation is 1. The first-order valence-corrected chi connectivity index (χ1v) is 11.2. The summed E-state index contributed by atoms with van der Waals surface area (Å²) < 4.78 is 5.38. The Labute approximate surface area is 162 Å². The molecule has 1 rings (SSSR count). The third kappa shape index (κ3) is 12.2. The van der Waals surface area contributed by atoms with Crippen LogP contribution in [0.2, 0.25) is 0 Å². The summed E-state index contributed by atoms with van der Waals surface area (Å²) in [5, 5.41) is 1.08. The molecule has 0 N–H and O–H groups in total. The summed E-state index contributed by atoms with van der Waals surface area (Å²) in [5.41, 5.74) is 2.68. The number of hydrogen-bond donors (Lipinski definition) is 0. The predicted molar refractivity (Wildman–Crippen MR) is 110 cm³/mol. The van der Waals surface area contributed by atoms with Gasteiger partial charge in [0.2, 0.25) is 0 Å². The number of carbonyl (C=O) groups is 1. The van der Waals surface area contributed by atoms with Crippen LogP contribution in [0, 0.1) is 0 Å². The molecule has 1 aromatic carbocycles. The molecule has 0 amide bonds. The summed E-state index contributed by atoms with van der Waals surface area (Å²) in [6.45, 7) is 2.74. The van der Waals surface area contributed by atoms with E-state index in [1.165, 1.54) is 56.1 Å². The molecule has 0 heterocycles. The molecule has 1 aromatic rings. The van der Waals surface area contributed by atoms with Gasteiger partial charge in [0, 0.05) is 18.2 Å². The Morgan fingerprint density at radius 1 is 0.920 bits per heavy atom. The van der Waals surface area contributed by atoms with E-state index in [0.717, 1.165) is 31.0 Å². The number of hydrogen-bond acceptors (Lipinski definition) is 2. The Balaban J connectivity index is 2.13. The number of ether oxygens (including phenoxy) is 1. The van der Waals surface area contributed by atoms with Gasteiger partial charge in [0.25, 0.3) is 0 Å². The molecule has 3 heteroatoms. The van der Waals surface area contributed by atoms with Gasteiger partial charge in [0.1, 0.15) is 0 Å². The quantitative estimate of drug-likeness (QED) is 0.184. The summed E-state index contributed by atoms with van der Waals surface area (Å²) >= 11 is 3.44. The van der Waals surface area contributed by atoms with E-state index in [1.54, 1.807) is 0 Å². The fourth-order valence-corrected chi connectivity index (χ4v) is 3.34. The predicted octanol–water partition coefficient (Wildman–Crippen LogP) is 6.63. The largest absolute Gasteiger partial charge is 0.465 e. The van der Waals surface area contributed by atoms with E-state index >= 15 is 0 Å². The number of alkyl halides is 1. The SMILES string of the molecule is CCCCCCc1cccc(CCOC(=O)CCCCCCCBr)c1. The number of carbonyl (C=O) groups excluding carboxylic acids is 1. The van der Waals surface area contributed by atoms with Gasteiger partial charge in [0.05, 0.1) is 6.61 Å². The number of esters is 1. The molecule has 0 saturated carbocycles. The van der Waals surface area contributed by atoms with Crippen molar-refractivity contribution in [2.24, 2.45) is 0 Å². The second-order valence-electron chi connectivity index (χ2n) is 6.81. The number of unbranched alkanes of at least 4 members (excludes halogenated alkanes) is 7. The minimum atomic E-state index is -0.0452. The van der Waals surface area contributed by atoms with Gasteiger partial charge in [-0.3, -0.25) is 4.79 Å². The van der Waals surface area contributed by atoms with Crippen LogP contribution in [0.4, 0.5) is 0 Å². The first kappa shape index (κ1) is 22.2. The molecule has 2 nitrogen and oxygen atoms in total. The highest BCUT2D eigenvalue weighted by Crippen LogP contribution is 2.12. The van der Waals surface area contributed by atoms with Crippen molar-refractivity contribution >= 4 is 21.9 Å². The maximum absolute atomic E-state index is 11.8. The lowest BCUT2D eigenvalue weighted by molar-refractivity contribution is -0.143. The van der Waals surface area contributed by atoms with E-state index in [1.807, 2.05) is 0 Å². The van der Waals surface area contributed by atoms with Gasteiger partial charge in [-0.05, 0) is 36.8 Å². The zero-order valence-electron chi connectivity index (χ0n) is 15.9. The lowest BCUT2D eigenvalue weighted by Crippen LogP contribution is -2.07. The molecule has 0 fully saturated rings. The molecule has 0 radical (unpaired) electrons. The highest BCUT2D eigenvalue weighted by atomic mass is 79.9. The third-order valence-corrected chi connectivity index (χ3v) is 5.04. The molecule has 0 aliphatic rings. The molecule has 0 aliphatic carbocycles. The van der Waals surface area contributed by atoms with Crippen LogP contribution in [0.3, 0.4) is 0 Å². The van der Waals surface area contributed by atoms with Gasteiger partial charge in [0.15, 0.2) is 0 Å². The molecule has 0 spiro atoms. The van der Waals surface area contributed by atoms with E-state index in [-0.39, 0.29) is 5.97 Å². The smallest absolute Gasteiger partial charge is 0.305 e. The van der Waals surface area contributed by atoms with Gasteiger partial charge in [-0.15, -0.1) is 0 Å². The molecular weight excluding hydrogens is 376 g/mol. The first-order chi connectivity index (χ1) is 12.3. The van der Waals surface area contributed by atoms with Crippen molar-refractivity contribution in [1.82, 2.24) is 0 Å².